The predicted molar refractivity (Wildman–Crippen MR) is 66.5 cm³/mol. The number of hydrogen-bond donors (Lipinski definition) is 2. The van der Waals surface area contributed by atoms with Gasteiger partial charge in [-0.25, -0.2) is 0 Å². The van der Waals surface area contributed by atoms with Crippen molar-refractivity contribution in [3.05, 3.63) is 0 Å². The standard InChI is InChI=1S/C13H27NO2/c1-10-4-5-13(8-11(10)2)16-9-12(14-3)6-7-15/h10-15H,4-9H2,1-3H3. The Bertz CT molecular complexity index is 187. The Morgan fingerprint density at radius 3 is 2.62 bits per heavy atom. The van der Waals surface area contributed by atoms with Crippen LogP contribution in [0, 0.1) is 11.8 Å². The van der Waals surface area contributed by atoms with Gasteiger partial charge in [0.1, 0.15) is 0 Å². The maximum atomic E-state index is 8.89. The van der Waals surface area contributed by atoms with E-state index in [1.165, 1.54) is 19.3 Å². The second kappa shape index (κ2) is 7.25. The molecule has 3 heteroatoms. The molecule has 0 heterocycles. The molecule has 3 nitrogen and oxygen atoms in total. The molecule has 0 bridgehead atoms. The fourth-order valence-corrected chi connectivity index (χ4v) is 2.37. The first-order chi connectivity index (χ1) is 7.67. The molecule has 0 radical (unpaired) electrons. The Balaban J connectivity index is 2.21. The monoisotopic (exact) mass is 229 g/mol. The average Bonchev–Trinajstić information content (AvgIpc) is 2.28. The SMILES string of the molecule is CNC(CCO)COC1CCC(C)C(C)C1. The first-order valence-electron chi connectivity index (χ1n) is 6.57. The van der Waals surface area contributed by atoms with Gasteiger partial charge in [-0.1, -0.05) is 13.8 Å². The lowest BCUT2D eigenvalue weighted by Gasteiger charge is -2.32. The number of aliphatic hydroxyl groups is 1. The molecule has 0 saturated heterocycles. The van der Waals surface area contributed by atoms with Crippen molar-refractivity contribution in [3.8, 4) is 0 Å². The van der Waals surface area contributed by atoms with Gasteiger partial charge in [-0.15, -0.1) is 0 Å². The van der Waals surface area contributed by atoms with Crippen molar-refractivity contribution in [2.24, 2.45) is 11.8 Å². The summed E-state index contributed by atoms with van der Waals surface area (Å²) in [5, 5.41) is 12.1. The van der Waals surface area contributed by atoms with Crippen molar-refractivity contribution in [1.29, 1.82) is 0 Å². The molecule has 0 aromatic carbocycles. The van der Waals surface area contributed by atoms with Gasteiger partial charge in [0.15, 0.2) is 0 Å². The summed E-state index contributed by atoms with van der Waals surface area (Å²) in [6.07, 6.45) is 4.88. The quantitative estimate of drug-likeness (QED) is 0.730. The highest BCUT2D eigenvalue weighted by molar-refractivity contribution is 4.76. The summed E-state index contributed by atoms with van der Waals surface area (Å²) in [4.78, 5) is 0. The van der Waals surface area contributed by atoms with Crippen LogP contribution in [0.4, 0.5) is 0 Å². The van der Waals surface area contributed by atoms with Gasteiger partial charge in [0.2, 0.25) is 0 Å². The van der Waals surface area contributed by atoms with Crippen molar-refractivity contribution in [3.63, 3.8) is 0 Å². The van der Waals surface area contributed by atoms with Crippen LogP contribution in [-0.2, 0) is 4.74 Å². The van der Waals surface area contributed by atoms with Crippen molar-refractivity contribution < 1.29 is 9.84 Å². The van der Waals surface area contributed by atoms with Gasteiger partial charge in [0.25, 0.3) is 0 Å². The van der Waals surface area contributed by atoms with Crippen LogP contribution >= 0.6 is 0 Å². The molecule has 0 aromatic heterocycles. The molecule has 0 aliphatic heterocycles. The van der Waals surface area contributed by atoms with E-state index in [2.05, 4.69) is 19.2 Å². The molecule has 96 valence electrons. The van der Waals surface area contributed by atoms with Crippen LogP contribution in [0.15, 0.2) is 0 Å². The Morgan fingerprint density at radius 2 is 2.06 bits per heavy atom. The van der Waals surface area contributed by atoms with E-state index in [4.69, 9.17) is 9.84 Å². The lowest BCUT2D eigenvalue weighted by molar-refractivity contribution is -0.00889. The van der Waals surface area contributed by atoms with Crippen LogP contribution in [-0.4, -0.2) is 37.5 Å². The van der Waals surface area contributed by atoms with Gasteiger partial charge >= 0.3 is 0 Å². The highest BCUT2D eigenvalue weighted by atomic mass is 16.5. The zero-order valence-corrected chi connectivity index (χ0v) is 10.9. The normalized spacial score (nSPS) is 32.6. The van der Waals surface area contributed by atoms with Gasteiger partial charge in [0, 0.05) is 12.6 Å². The largest absolute Gasteiger partial charge is 0.396 e. The van der Waals surface area contributed by atoms with Crippen LogP contribution in [0.25, 0.3) is 0 Å². The van der Waals surface area contributed by atoms with E-state index in [9.17, 15) is 0 Å². The van der Waals surface area contributed by atoms with E-state index < -0.39 is 0 Å². The number of rotatable bonds is 6. The Morgan fingerprint density at radius 1 is 1.31 bits per heavy atom. The summed E-state index contributed by atoms with van der Waals surface area (Å²) in [7, 11) is 1.93. The van der Waals surface area contributed by atoms with Gasteiger partial charge in [-0.3, -0.25) is 0 Å². The molecule has 4 atom stereocenters. The fourth-order valence-electron chi connectivity index (χ4n) is 2.37. The van der Waals surface area contributed by atoms with Crippen LogP contribution < -0.4 is 5.32 Å². The summed E-state index contributed by atoms with van der Waals surface area (Å²) >= 11 is 0. The molecule has 2 N–H and O–H groups in total. The second-order valence-electron chi connectivity index (χ2n) is 5.22. The van der Waals surface area contributed by atoms with E-state index in [1.807, 2.05) is 7.05 Å². The predicted octanol–water partition coefficient (Wildman–Crippen LogP) is 1.80. The van der Waals surface area contributed by atoms with Crippen LogP contribution in [0.1, 0.15) is 39.5 Å². The molecule has 1 fully saturated rings. The minimum atomic E-state index is 0.229. The zero-order chi connectivity index (χ0) is 12.0. The molecule has 1 aliphatic rings. The Labute approximate surface area is 99.6 Å². The summed E-state index contributed by atoms with van der Waals surface area (Å²) in [5.74, 6) is 1.63. The number of aliphatic hydroxyl groups excluding tert-OH is 1. The Hall–Kier alpha value is -0.120. The van der Waals surface area contributed by atoms with E-state index in [0.29, 0.717) is 12.1 Å². The minimum absolute atomic E-state index is 0.229. The number of ether oxygens (including phenoxy) is 1. The molecule has 0 amide bonds. The average molecular weight is 229 g/mol. The minimum Gasteiger partial charge on any atom is -0.396 e. The van der Waals surface area contributed by atoms with Gasteiger partial charge in [0.05, 0.1) is 12.7 Å². The molecule has 1 saturated carbocycles. The van der Waals surface area contributed by atoms with Gasteiger partial charge in [-0.05, 0) is 44.6 Å². The van der Waals surface area contributed by atoms with E-state index in [-0.39, 0.29) is 6.61 Å². The van der Waals surface area contributed by atoms with E-state index in [0.717, 1.165) is 24.9 Å². The molecule has 1 aliphatic carbocycles. The van der Waals surface area contributed by atoms with Crippen LogP contribution in [0.3, 0.4) is 0 Å². The third-order valence-corrected chi connectivity index (χ3v) is 3.97. The molecule has 1 rings (SSSR count). The number of nitrogens with one attached hydrogen (secondary N) is 1. The van der Waals surface area contributed by atoms with Crippen LogP contribution in [0.5, 0.6) is 0 Å². The van der Waals surface area contributed by atoms with Gasteiger partial charge < -0.3 is 15.2 Å². The highest BCUT2D eigenvalue weighted by Crippen LogP contribution is 2.30. The molecule has 0 aromatic rings. The summed E-state index contributed by atoms with van der Waals surface area (Å²) in [6.45, 7) is 5.61. The topological polar surface area (TPSA) is 41.5 Å². The lowest BCUT2D eigenvalue weighted by atomic mass is 9.80. The number of hydrogen-bond acceptors (Lipinski definition) is 3. The fraction of sp³-hybridized carbons (Fsp3) is 1.00. The molecule has 4 unspecified atom stereocenters. The number of likely N-dealkylation sites (N-methyl/N-ethyl adjacent to an activating group) is 1. The molecular weight excluding hydrogens is 202 g/mol. The first-order valence-corrected chi connectivity index (χ1v) is 6.57. The zero-order valence-electron chi connectivity index (χ0n) is 10.9. The van der Waals surface area contributed by atoms with Crippen molar-refractivity contribution >= 4 is 0 Å². The van der Waals surface area contributed by atoms with Crippen molar-refractivity contribution in [2.75, 3.05) is 20.3 Å². The summed E-state index contributed by atoms with van der Waals surface area (Å²) in [6, 6.07) is 0.291. The van der Waals surface area contributed by atoms with Crippen molar-refractivity contribution in [1.82, 2.24) is 5.32 Å². The van der Waals surface area contributed by atoms with Crippen LogP contribution in [0.2, 0.25) is 0 Å². The molecule has 0 spiro atoms. The third-order valence-electron chi connectivity index (χ3n) is 3.97. The van der Waals surface area contributed by atoms with E-state index in [1.54, 1.807) is 0 Å². The highest BCUT2D eigenvalue weighted by Gasteiger charge is 2.25. The Kier molecular flexibility index (Phi) is 6.32. The second-order valence-corrected chi connectivity index (χ2v) is 5.22. The van der Waals surface area contributed by atoms with Crippen molar-refractivity contribution in [2.45, 2.75) is 51.7 Å². The maximum Gasteiger partial charge on any atom is 0.0624 e. The molecule has 16 heavy (non-hydrogen) atoms. The van der Waals surface area contributed by atoms with E-state index >= 15 is 0 Å². The smallest absolute Gasteiger partial charge is 0.0624 e. The summed E-state index contributed by atoms with van der Waals surface area (Å²) < 4.78 is 5.93. The maximum absolute atomic E-state index is 8.89. The first kappa shape index (κ1) is 13.9. The lowest BCUT2D eigenvalue weighted by Crippen LogP contribution is -2.35. The third kappa shape index (κ3) is 4.40. The summed E-state index contributed by atoms with van der Waals surface area (Å²) in [5.41, 5.74) is 0. The van der Waals surface area contributed by atoms with Gasteiger partial charge in [-0.2, -0.15) is 0 Å². The molecular formula is C13H27NO2.